The van der Waals surface area contributed by atoms with Gasteiger partial charge in [0.15, 0.2) is 0 Å². The van der Waals surface area contributed by atoms with Crippen LogP contribution in [0.25, 0.3) is 0 Å². The molecule has 0 aliphatic rings. The zero-order chi connectivity index (χ0) is 10.4. The first-order valence-corrected chi connectivity index (χ1v) is 4.33. The molecule has 0 N–H and O–H groups in total. The van der Waals surface area contributed by atoms with Gasteiger partial charge in [0.05, 0.1) is 12.6 Å². The molecule has 0 saturated carbocycles. The van der Waals surface area contributed by atoms with Crippen molar-refractivity contribution in [3.05, 3.63) is 0 Å². The lowest BCUT2D eigenvalue weighted by molar-refractivity contribution is -0.129. The number of nitrogens with zero attached hydrogens (tertiary/aromatic N) is 3. The van der Waals surface area contributed by atoms with Crippen molar-refractivity contribution in [2.75, 3.05) is 34.2 Å². The highest BCUT2D eigenvalue weighted by atomic mass is 35.5. The summed E-state index contributed by atoms with van der Waals surface area (Å²) in [6.07, 6.45) is 0. The van der Waals surface area contributed by atoms with Crippen LogP contribution in [0.4, 0.5) is 0 Å². The summed E-state index contributed by atoms with van der Waals surface area (Å²) in [6.45, 7) is 0.690. The molecule has 0 spiro atoms. The summed E-state index contributed by atoms with van der Waals surface area (Å²) in [5.74, 6) is 0.00399. The minimum absolute atomic E-state index is 0.00399. The lowest BCUT2D eigenvalue weighted by Crippen LogP contribution is -2.36. The van der Waals surface area contributed by atoms with E-state index in [4.69, 9.17) is 16.9 Å². The number of carbonyl (C=O) groups is 1. The third-order valence-corrected chi connectivity index (χ3v) is 1.75. The molecule has 13 heavy (non-hydrogen) atoms. The van der Waals surface area contributed by atoms with Crippen molar-refractivity contribution in [1.29, 1.82) is 5.26 Å². The fourth-order valence-electron chi connectivity index (χ4n) is 0.751. The summed E-state index contributed by atoms with van der Waals surface area (Å²) in [6, 6.07) is 1.90. The van der Waals surface area contributed by atoms with Crippen LogP contribution in [0.1, 0.15) is 0 Å². The number of hydrogen-bond donors (Lipinski definition) is 0. The third kappa shape index (κ3) is 5.45. The number of carbonyl (C=O) groups excluding carboxylic acids is 1. The van der Waals surface area contributed by atoms with Crippen LogP contribution in [0.2, 0.25) is 0 Å². The van der Waals surface area contributed by atoms with Crippen molar-refractivity contribution in [1.82, 2.24) is 9.80 Å². The van der Waals surface area contributed by atoms with Crippen molar-refractivity contribution >= 4 is 17.5 Å². The Morgan fingerprint density at radius 2 is 2.08 bits per heavy atom. The third-order valence-electron chi connectivity index (χ3n) is 1.52. The molecule has 1 amide bonds. The molecule has 0 aromatic rings. The van der Waals surface area contributed by atoms with Crippen molar-refractivity contribution in [3.63, 3.8) is 0 Å². The molecule has 4 nitrogen and oxygen atoms in total. The molecular weight excluding hydrogens is 190 g/mol. The van der Waals surface area contributed by atoms with Crippen LogP contribution >= 0.6 is 11.6 Å². The van der Waals surface area contributed by atoms with Gasteiger partial charge in [-0.25, -0.2) is 0 Å². The van der Waals surface area contributed by atoms with Crippen LogP contribution in [0.5, 0.6) is 0 Å². The van der Waals surface area contributed by atoms with Crippen molar-refractivity contribution < 1.29 is 4.79 Å². The Morgan fingerprint density at radius 1 is 1.54 bits per heavy atom. The second kappa shape index (κ2) is 5.79. The maximum absolute atomic E-state index is 11.2. The highest BCUT2D eigenvalue weighted by molar-refractivity contribution is 6.22. The first kappa shape index (κ1) is 12.2. The van der Waals surface area contributed by atoms with Gasteiger partial charge in [0.1, 0.15) is 5.38 Å². The first-order chi connectivity index (χ1) is 5.97. The maximum Gasteiger partial charge on any atom is 0.236 e. The number of nitriles is 1. The van der Waals surface area contributed by atoms with E-state index in [1.54, 1.807) is 26.0 Å². The minimum atomic E-state index is -0.556. The zero-order valence-electron chi connectivity index (χ0n) is 8.12. The largest absolute Gasteiger partial charge is 0.348 e. The molecule has 0 aromatic carbocycles. The van der Waals surface area contributed by atoms with E-state index in [0.29, 0.717) is 6.54 Å². The van der Waals surface area contributed by atoms with E-state index in [2.05, 4.69) is 0 Å². The highest BCUT2D eigenvalue weighted by Crippen LogP contribution is 1.96. The van der Waals surface area contributed by atoms with Crippen LogP contribution in [0.3, 0.4) is 0 Å². The van der Waals surface area contributed by atoms with E-state index in [-0.39, 0.29) is 12.5 Å². The molecule has 0 aromatic heterocycles. The molecule has 1 unspecified atom stereocenters. The summed E-state index contributed by atoms with van der Waals surface area (Å²) < 4.78 is 0. The summed E-state index contributed by atoms with van der Waals surface area (Å²) in [5.41, 5.74) is 0. The first-order valence-electron chi connectivity index (χ1n) is 3.89. The molecule has 0 fully saturated rings. The monoisotopic (exact) mass is 203 g/mol. The lowest BCUT2D eigenvalue weighted by Gasteiger charge is -2.18. The van der Waals surface area contributed by atoms with E-state index in [9.17, 15) is 4.79 Å². The summed E-state index contributed by atoms with van der Waals surface area (Å²) >= 11 is 5.60. The molecule has 0 saturated heterocycles. The van der Waals surface area contributed by atoms with Crippen molar-refractivity contribution in [3.8, 4) is 6.07 Å². The van der Waals surface area contributed by atoms with Crippen LogP contribution in [0.15, 0.2) is 0 Å². The van der Waals surface area contributed by atoms with E-state index < -0.39 is 5.38 Å². The normalized spacial score (nSPS) is 12.3. The summed E-state index contributed by atoms with van der Waals surface area (Å²) in [5, 5.41) is 7.87. The Labute approximate surface area is 83.7 Å². The van der Waals surface area contributed by atoms with Gasteiger partial charge in [-0.15, -0.1) is 11.6 Å². The fraction of sp³-hybridized carbons (Fsp3) is 0.750. The van der Waals surface area contributed by atoms with Crippen molar-refractivity contribution in [2.24, 2.45) is 0 Å². The van der Waals surface area contributed by atoms with Gasteiger partial charge in [0.25, 0.3) is 0 Å². The predicted molar refractivity (Wildman–Crippen MR) is 51.4 cm³/mol. The average molecular weight is 204 g/mol. The number of rotatable bonds is 4. The molecule has 0 heterocycles. The van der Waals surface area contributed by atoms with E-state index in [1.807, 2.05) is 6.07 Å². The Hall–Kier alpha value is -0.790. The molecule has 0 bridgehead atoms. The predicted octanol–water partition coefficient (Wildman–Crippen LogP) is 0.137. The van der Waals surface area contributed by atoms with Gasteiger partial charge in [-0.3, -0.25) is 9.69 Å². The van der Waals surface area contributed by atoms with Crippen LogP contribution in [-0.2, 0) is 4.79 Å². The van der Waals surface area contributed by atoms with Gasteiger partial charge in [-0.05, 0) is 7.05 Å². The summed E-state index contributed by atoms with van der Waals surface area (Å²) in [7, 11) is 5.14. The Kier molecular flexibility index (Phi) is 5.44. The van der Waals surface area contributed by atoms with E-state index in [1.165, 1.54) is 4.90 Å². The van der Waals surface area contributed by atoms with Gasteiger partial charge >= 0.3 is 0 Å². The van der Waals surface area contributed by atoms with Gasteiger partial charge in [-0.1, -0.05) is 0 Å². The number of halogens is 1. The number of likely N-dealkylation sites (N-methyl/N-ethyl adjacent to an activating group) is 2. The van der Waals surface area contributed by atoms with Crippen molar-refractivity contribution in [2.45, 2.75) is 5.38 Å². The van der Waals surface area contributed by atoms with Gasteiger partial charge in [-0.2, -0.15) is 5.26 Å². The van der Waals surface area contributed by atoms with Crippen LogP contribution < -0.4 is 0 Å². The Bertz CT molecular complexity index is 212. The minimum Gasteiger partial charge on any atom is -0.348 e. The molecular formula is C8H14ClN3O. The molecule has 0 aliphatic heterocycles. The highest BCUT2D eigenvalue weighted by Gasteiger charge is 2.11. The summed E-state index contributed by atoms with van der Waals surface area (Å²) in [4.78, 5) is 14.4. The standard InChI is InChI=1S/C8H14ClN3O/c1-11(2)8(13)6-12(3)5-7(9)4-10/h7H,5-6H2,1-3H3. The number of amides is 1. The second-order valence-corrected chi connectivity index (χ2v) is 3.61. The Balaban J connectivity index is 3.82. The van der Waals surface area contributed by atoms with Crippen LogP contribution in [-0.4, -0.2) is 55.3 Å². The molecule has 5 heteroatoms. The molecule has 0 aliphatic carbocycles. The zero-order valence-corrected chi connectivity index (χ0v) is 8.88. The van der Waals surface area contributed by atoms with Crippen LogP contribution in [0, 0.1) is 11.3 Å². The fourth-order valence-corrected chi connectivity index (χ4v) is 0.987. The van der Waals surface area contributed by atoms with Gasteiger partial charge in [0.2, 0.25) is 5.91 Å². The molecule has 74 valence electrons. The maximum atomic E-state index is 11.2. The SMILES string of the molecule is CN(CC(=O)N(C)C)CC(Cl)C#N. The van der Waals surface area contributed by atoms with E-state index >= 15 is 0 Å². The van der Waals surface area contributed by atoms with E-state index in [0.717, 1.165) is 0 Å². The molecule has 1 atom stereocenters. The number of hydrogen-bond acceptors (Lipinski definition) is 3. The second-order valence-electron chi connectivity index (χ2n) is 3.08. The van der Waals surface area contributed by atoms with Gasteiger partial charge < -0.3 is 4.90 Å². The Morgan fingerprint density at radius 3 is 2.46 bits per heavy atom. The quantitative estimate of drug-likeness (QED) is 0.611. The lowest BCUT2D eigenvalue weighted by atomic mass is 10.4. The van der Waals surface area contributed by atoms with Gasteiger partial charge in [0, 0.05) is 20.6 Å². The molecule has 0 rings (SSSR count). The number of alkyl halides is 1. The average Bonchev–Trinajstić information content (AvgIpc) is 2.03. The molecule has 0 radical (unpaired) electrons. The smallest absolute Gasteiger partial charge is 0.236 e. The topological polar surface area (TPSA) is 47.3 Å².